The van der Waals surface area contributed by atoms with E-state index in [1.54, 1.807) is 13.0 Å². The second-order valence-corrected chi connectivity index (χ2v) is 9.60. The van der Waals surface area contributed by atoms with Gasteiger partial charge in [0.05, 0.1) is 5.92 Å². The second-order valence-electron chi connectivity index (χ2n) is 9.60. The molecule has 1 N–H and O–H groups in total. The van der Waals surface area contributed by atoms with Gasteiger partial charge in [-0.15, -0.1) is 0 Å². The summed E-state index contributed by atoms with van der Waals surface area (Å²) in [5, 5.41) is 9.58. The number of rotatable bonds is 7. The predicted molar refractivity (Wildman–Crippen MR) is 127 cm³/mol. The zero-order valence-electron chi connectivity index (χ0n) is 19.1. The quantitative estimate of drug-likeness (QED) is 0.423. The van der Waals surface area contributed by atoms with Crippen LogP contribution in [-0.2, 0) is 11.2 Å². The van der Waals surface area contributed by atoms with Crippen LogP contribution in [0.4, 0.5) is 4.39 Å². The van der Waals surface area contributed by atoms with Crippen molar-refractivity contribution in [1.29, 1.82) is 0 Å². The molecule has 0 bridgehead atoms. The van der Waals surface area contributed by atoms with Crippen LogP contribution < -0.4 is 4.74 Å². The second kappa shape index (κ2) is 8.66. The number of hydrogen-bond donors (Lipinski definition) is 1. The standard InChI is InChI=1S/C29H29FO3/c1-17-6-12-26(30)25(14-17)21-9-11-24-20(15-21)10-13-27(24)33-23-5-3-4-22(16-23)28(19-7-8-19)18(2)29(31)32/h3-6,9,11-12,14-16,18-19,27-28H,7-8,10,13H2,1-2H3,(H,31,32)/t18-,27+,28-/m0/s1. The van der Waals surface area contributed by atoms with Crippen molar-refractivity contribution in [3.8, 4) is 16.9 Å². The van der Waals surface area contributed by atoms with E-state index in [2.05, 4.69) is 12.1 Å². The number of carbonyl (C=O) groups is 1. The molecule has 0 aromatic heterocycles. The van der Waals surface area contributed by atoms with E-state index in [1.165, 1.54) is 11.6 Å². The van der Waals surface area contributed by atoms with Gasteiger partial charge in [0.25, 0.3) is 0 Å². The number of ether oxygens (including phenoxy) is 1. The summed E-state index contributed by atoms with van der Waals surface area (Å²) in [5.41, 5.74) is 5.96. The summed E-state index contributed by atoms with van der Waals surface area (Å²) in [4.78, 5) is 11.7. The summed E-state index contributed by atoms with van der Waals surface area (Å²) in [6.45, 7) is 3.78. The van der Waals surface area contributed by atoms with E-state index < -0.39 is 11.9 Å². The summed E-state index contributed by atoms with van der Waals surface area (Å²) in [7, 11) is 0. The largest absolute Gasteiger partial charge is 0.486 e. The summed E-state index contributed by atoms with van der Waals surface area (Å²) in [6.07, 6.45) is 3.89. The van der Waals surface area contributed by atoms with Crippen LogP contribution in [0, 0.1) is 24.6 Å². The lowest BCUT2D eigenvalue weighted by Crippen LogP contribution is -2.20. The minimum absolute atomic E-state index is 0.0219. The van der Waals surface area contributed by atoms with Crippen LogP contribution in [0.25, 0.3) is 11.1 Å². The third-order valence-corrected chi connectivity index (χ3v) is 7.18. The van der Waals surface area contributed by atoms with Crippen molar-refractivity contribution in [2.75, 3.05) is 0 Å². The zero-order valence-corrected chi connectivity index (χ0v) is 19.1. The summed E-state index contributed by atoms with van der Waals surface area (Å²) < 4.78 is 20.8. The highest BCUT2D eigenvalue weighted by molar-refractivity contribution is 5.71. The molecule has 0 amide bonds. The van der Waals surface area contributed by atoms with E-state index in [-0.39, 0.29) is 17.8 Å². The number of aryl methyl sites for hydroxylation is 2. The number of benzene rings is 3. The molecule has 33 heavy (non-hydrogen) atoms. The Kier molecular flexibility index (Phi) is 5.69. The molecular weight excluding hydrogens is 415 g/mol. The van der Waals surface area contributed by atoms with Crippen molar-refractivity contribution in [2.24, 2.45) is 11.8 Å². The van der Waals surface area contributed by atoms with Gasteiger partial charge in [0.1, 0.15) is 17.7 Å². The Hall–Kier alpha value is -3.14. The number of carboxylic acid groups (broad SMARTS) is 1. The maximum Gasteiger partial charge on any atom is 0.306 e. The molecule has 170 valence electrons. The Labute approximate surface area is 194 Å². The van der Waals surface area contributed by atoms with Crippen molar-refractivity contribution in [3.63, 3.8) is 0 Å². The first kappa shape index (κ1) is 21.7. The number of aliphatic carboxylic acids is 1. The molecule has 2 aliphatic rings. The Balaban J connectivity index is 1.37. The Morgan fingerprint density at radius 3 is 2.64 bits per heavy atom. The number of hydrogen-bond acceptors (Lipinski definition) is 2. The van der Waals surface area contributed by atoms with Crippen LogP contribution in [0.15, 0.2) is 60.7 Å². The smallest absolute Gasteiger partial charge is 0.306 e. The van der Waals surface area contributed by atoms with Crippen LogP contribution in [-0.4, -0.2) is 11.1 Å². The third kappa shape index (κ3) is 4.39. The fourth-order valence-corrected chi connectivity index (χ4v) is 5.27. The molecule has 0 saturated heterocycles. The highest BCUT2D eigenvalue weighted by atomic mass is 19.1. The first-order valence-electron chi connectivity index (χ1n) is 11.8. The van der Waals surface area contributed by atoms with Gasteiger partial charge < -0.3 is 9.84 Å². The third-order valence-electron chi connectivity index (χ3n) is 7.18. The molecule has 0 spiro atoms. The molecule has 3 nitrogen and oxygen atoms in total. The molecule has 0 aliphatic heterocycles. The summed E-state index contributed by atoms with van der Waals surface area (Å²) in [5.74, 6) is -0.122. The fraction of sp³-hybridized carbons (Fsp3) is 0.345. The molecule has 4 heteroatoms. The average molecular weight is 445 g/mol. The minimum Gasteiger partial charge on any atom is -0.486 e. The molecular formula is C29H29FO3. The summed E-state index contributed by atoms with van der Waals surface area (Å²) in [6, 6.07) is 19.3. The molecule has 0 radical (unpaired) electrons. The van der Waals surface area contributed by atoms with Gasteiger partial charge >= 0.3 is 5.97 Å². The van der Waals surface area contributed by atoms with Crippen LogP contribution in [0.3, 0.4) is 0 Å². The summed E-state index contributed by atoms with van der Waals surface area (Å²) >= 11 is 0. The zero-order chi connectivity index (χ0) is 23.1. The van der Waals surface area contributed by atoms with Crippen molar-refractivity contribution in [3.05, 3.63) is 88.7 Å². The minimum atomic E-state index is -0.746. The topological polar surface area (TPSA) is 46.5 Å². The molecule has 3 aromatic carbocycles. The Morgan fingerprint density at radius 1 is 1.06 bits per heavy atom. The van der Waals surface area contributed by atoms with E-state index in [9.17, 15) is 14.3 Å². The van der Waals surface area contributed by atoms with E-state index in [0.717, 1.165) is 53.7 Å². The van der Waals surface area contributed by atoms with Crippen LogP contribution in [0.1, 0.15) is 60.5 Å². The maximum absolute atomic E-state index is 14.4. The van der Waals surface area contributed by atoms with Crippen LogP contribution in [0.5, 0.6) is 5.75 Å². The Bertz CT molecular complexity index is 1200. The molecule has 1 saturated carbocycles. The lowest BCUT2D eigenvalue weighted by molar-refractivity contribution is -0.142. The van der Waals surface area contributed by atoms with Crippen LogP contribution in [0.2, 0.25) is 0 Å². The Morgan fingerprint density at radius 2 is 1.88 bits per heavy atom. The molecule has 0 heterocycles. The van der Waals surface area contributed by atoms with E-state index in [4.69, 9.17) is 4.74 Å². The number of fused-ring (bicyclic) bond motifs is 1. The van der Waals surface area contributed by atoms with E-state index in [1.807, 2.05) is 43.3 Å². The first-order chi connectivity index (χ1) is 15.9. The van der Waals surface area contributed by atoms with Gasteiger partial charge in [-0.2, -0.15) is 0 Å². The van der Waals surface area contributed by atoms with Gasteiger partial charge in [-0.1, -0.05) is 48.9 Å². The molecule has 5 rings (SSSR count). The van der Waals surface area contributed by atoms with E-state index in [0.29, 0.717) is 11.5 Å². The molecule has 0 unspecified atom stereocenters. The normalized spacial score (nSPS) is 19.1. The molecule has 3 aromatic rings. The van der Waals surface area contributed by atoms with Gasteiger partial charge in [-0.3, -0.25) is 4.79 Å². The predicted octanol–water partition coefficient (Wildman–Crippen LogP) is 7.08. The van der Waals surface area contributed by atoms with Gasteiger partial charge in [0.15, 0.2) is 0 Å². The highest BCUT2D eigenvalue weighted by Gasteiger charge is 2.38. The molecule has 2 aliphatic carbocycles. The fourth-order valence-electron chi connectivity index (χ4n) is 5.27. The van der Waals surface area contributed by atoms with E-state index >= 15 is 0 Å². The average Bonchev–Trinajstić information content (AvgIpc) is 3.56. The monoisotopic (exact) mass is 444 g/mol. The SMILES string of the molecule is Cc1ccc(F)c(-c2ccc3c(c2)CC[C@H]3Oc2cccc([C@H](C3CC3)[C@H](C)C(=O)O)c2)c1. The maximum atomic E-state index is 14.4. The van der Waals surface area contributed by atoms with Crippen molar-refractivity contribution in [1.82, 2.24) is 0 Å². The van der Waals surface area contributed by atoms with Gasteiger partial charge in [-0.25, -0.2) is 4.39 Å². The molecule has 3 atom stereocenters. The number of halogens is 1. The van der Waals surface area contributed by atoms with Gasteiger partial charge in [0.2, 0.25) is 0 Å². The van der Waals surface area contributed by atoms with Crippen molar-refractivity contribution < 1.29 is 19.0 Å². The number of carboxylic acids is 1. The lowest BCUT2D eigenvalue weighted by Gasteiger charge is -2.22. The van der Waals surface area contributed by atoms with Crippen molar-refractivity contribution >= 4 is 5.97 Å². The first-order valence-corrected chi connectivity index (χ1v) is 11.8. The molecule has 1 fully saturated rings. The van der Waals surface area contributed by atoms with Crippen molar-refractivity contribution in [2.45, 2.75) is 51.6 Å². The van der Waals surface area contributed by atoms with Crippen LogP contribution >= 0.6 is 0 Å². The lowest BCUT2D eigenvalue weighted by atomic mass is 9.83. The highest BCUT2D eigenvalue weighted by Crippen LogP contribution is 2.47. The van der Waals surface area contributed by atoms with Gasteiger partial charge in [0, 0.05) is 5.56 Å². The van der Waals surface area contributed by atoms with Gasteiger partial charge in [-0.05, 0) is 91.0 Å².